The Morgan fingerprint density at radius 1 is 1.22 bits per heavy atom. The van der Waals surface area contributed by atoms with Gasteiger partial charge in [0.05, 0.1) is 11.6 Å². The average molecular weight is 369 g/mol. The molecule has 1 unspecified atom stereocenters. The van der Waals surface area contributed by atoms with Gasteiger partial charge in [-0.15, -0.1) is 0 Å². The van der Waals surface area contributed by atoms with Gasteiger partial charge in [0.15, 0.2) is 5.78 Å². The molecule has 2 aromatic rings. The molecule has 27 heavy (non-hydrogen) atoms. The Morgan fingerprint density at radius 3 is 2.56 bits per heavy atom. The number of H-pyrrole nitrogens is 1. The van der Waals surface area contributed by atoms with E-state index in [4.69, 9.17) is 5.73 Å². The first-order chi connectivity index (χ1) is 12.9. The molecule has 3 rings (SSSR count). The van der Waals surface area contributed by atoms with E-state index in [-0.39, 0.29) is 28.7 Å². The molecule has 0 saturated carbocycles. The average Bonchev–Trinajstić information content (AvgIpc) is 2.66. The van der Waals surface area contributed by atoms with Crippen LogP contribution in [0.15, 0.2) is 35.1 Å². The summed E-state index contributed by atoms with van der Waals surface area (Å²) in [6.07, 6.45) is 2.06. The fourth-order valence-electron chi connectivity index (χ4n) is 3.90. The van der Waals surface area contributed by atoms with Crippen molar-refractivity contribution in [2.75, 3.05) is 13.1 Å². The molecule has 2 atom stereocenters. The third kappa shape index (κ3) is 4.27. The van der Waals surface area contributed by atoms with Crippen molar-refractivity contribution in [3.8, 4) is 0 Å². The van der Waals surface area contributed by atoms with Gasteiger partial charge in [0.25, 0.3) is 5.56 Å². The van der Waals surface area contributed by atoms with Gasteiger partial charge in [-0.05, 0) is 49.1 Å². The fourth-order valence-corrected chi connectivity index (χ4v) is 3.90. The van der Waals surface area contributed by atoms with Crippen molar-refractivity contribution in [3.05, 3.63) is 46.2 Å². The summed E-state index contributed by atoms with van der Waals surface area (Å²) in [6, 6.07) is 8.66. The van der Waals surface area contributed by atoms with Gasteiger partial charge in [0.1, 0.15) is 0 Å². The van der Waals surface area contributed by atoms with Crippen LogP contribution in [0.1, 0.15) is 43.5 Å². The van der Waals surface area contributed by atoms with Gasteiger partial charge >= 0.3 is 0 Å². The SMILES string of the molecule is CC(CC(=O)c1cc2ccccc2[nH]c1=O)C1CCN(C(=O)[C@H](C)N)CC1. The van der Waals surface area contributed by atoms with E-state index in [1.54, 1.807) is 13.0 Å². The van der Waals surface area contributed by atoms with Gasteiger partial charge < -0.3 is 15.6 Å². The Morgan fingerprint density at radius 2 is 1.89 bits per heavy atom. The number of aromatic nitrogens is 1. The zero-order chi connectivity index (χ0) is 19.6. The van der Waals surface area contributed by atoms with Gasteiger partial charge in [-0.3, -0.25) is 14.4 Å². The topological polar surface area (TPSA) is 96.3 Å². The molecule has 2 heterocycles. The van der Waals surface area contributed by atoms with Crippen molar-refractivity contribution in [1.29, 1.82) is 0 Å². The van der Waals surface area contributed by atoms with Crippen LogP contribution in [-0.2, 0) is 4.79 Å². The van der Waals surface area contributed by atoms with E-state index >= 15 is 0 Å². The molecule has 1 aliphatic rings. The highest BCUT2D eigenvalue weighted by molar-refractivity contribution is 5.98. The van der Waals surface area contributed by atoms with Gasteiger partial charge in [-0.2, -0.15) is 0 Å². The lowest BCUT2D eigenvalue weighted by Crippen LogP contribution is -2.46. The maximum Gasteiger partial charge on any atom is 0.259 e. The van der Waals surface area contributed by atoms with E-state index in [1.165, 1.54) is 0 Å². The van der Waals surface area contributed by atoms with Gasteiger partial charge in [-0.25, -0.2) is 0 Å². The van der Waals surface area contributed by atoms with Crippen LogP contribution >= 0.6 is 0 Å². The number of rotatable bonds is 5. The standard InChI is InChI=1S/C21H27N3O3/c1-13(15-7-9-24(10-8-15)21(27)14(2)22)11-19(25)17-12-16-5-3-4-6-18(16)23-20(17)26/h3-6,12-15H,7-11,22H2,1-2H3,(H,23,26)/t13?,14-/m0/s1. The normalized spacial score (nSPS) is 17.7. The van der Waals surface area contributed by atoms with Gasteiger partial charge in [-0.1, -0.05) is 25.1 Å². The number of nitrogens with one attached hydrogen (secondary N) is 1. The summed E-state index contributed by atoms with van der Waals surface area (Å²) in [5.74, 6) is 0.394. The summed E-state index contributed by atoms with van der Waals surface area (Å²) in [4.78, 5) is 41.6. The second kappa shape index (κ2) is 8.05. The number of nitrogens with two attached hydrogens (primary N) is 1. The number of carbonyl (C=O) groups excluding carboxylic acids is 2. The maximum absolute atomic E-state index is 12.7. The van der Waals surface area contributed by atoms with Crippen LogP contribution in [0.25, 0.3) is 10.9 Å². The largest absolute Gasteiger partial charge is 0.341 e. The number of aromatic amines is 1. The van der Waals surface area contributed by atoms with E-state index in [0.717, 1.165) is 23.7 Å². The minimum atomic E-state index is -0.472. The molecule has 6 heteroatoms. The zero-order valence-corrected chi connectivity index (χ0v) is 15.9. The summed E-state index contributed by atoms with van der Waals surface area (Å²) in [6.45, 7) is 5.12. The van der Waals surface area contributed by atoms with E-state index in [1.807, 2.05) is 29.2 Å². The molecule has 1 aliphatic heterocycles. The van der Waals surface area contributed by atoms with Crippen molar-refractivity contribution in [3.63, 3.8) is 0 Å². The van der Waals surface area contributed by atoms with Crippen LogP contribution in [0.3, 0.4) is 0 Å². The van der Waals surface area contributed by atoms with Crippen molar-refractivity contribution in [1.82, 2.24) is 9.88 Å². The smallest absolute Gasteiger partial charge is 0.259 e. The molecular formula is C21H27N3O3. The van der Waals surface area contributed by atoms with Crippen molar-refractivity contribution < 1.29 is 9.59 Å². The number of piperidine rings is 1. The van der Waals surface area contributed by atoms with Crippen LogP contribution in [0.5, 0.6) is 0 Å². The zero-order valence-electron chi connectivity index (χ0n) is 15.9. The third-order valence-electron chi connectivity index (χ3n) is 5.61. The Labute approximate surface area is 158 Å². The predicted molar refractivity (Wildman–Crippen MR) is 106 cm³/mol. The highest BCUT2D eigenvalue weighted by Gasteiger charge is 2.29. The molecule has 1 aromatic heterocycles. The highest BCUT2D eigenvalue weighted by Crippen LogP contribution is 2.28. The number of carbonyl (C=O) groups is 2. The summed E-state index contributed by atoms with van der Waals surface area (Å²) < 4.78 is 0. The van der Waals surface area contributed by atoms with E-state index in [2.05, 4.69) is 11.9 Å². The first-order valence-corrected chi connectivity index (χ1v) is 9.56. The van der Waals surface area contributed by atoms with E-state index in [0.29, 0.717) is 25.4 Å². The van der Waals surface area contributed by atoms with Crippen LogP contribution in [0, 0.1) is 11.8 Å². The molecule has 0 bridgehead atoms. The minimum absolute atomic E-state index is 0.0140. The molecule has 1 aromatic carbocycles. The lowest BCUT2D eigenvalue weighted by molar-refractivity contribution is -0.133. The number of amides is 1. The highest BCUT2D eigenvalue weighted by atomic mass is 16.2. The number of likely N-dealkylation sites (tertiary alicyclic amines) is 1. The molecule has 0 aliphatic carbocycles. The number of para-hydroxylation sites is 1. The van der Waals surface area contributed by atoms with Crippen LogP contribution in [0.2, 0.25) is 0 Å². The third-order valence-corrected chi connectivity index (χ3v) is 5.61. The lowest BCUT2D eigenvalue weighted by atomic mass is 9.82. The van der Waals surface area contributed by atoms with E-state index in [9.17, 15) is 14.4 Å². The molecular weight excluding hydrogens is 342 g/mol. The van der Waals surface area contributed by atoms with Crippen molar-refractivity contribution in [2.24, 2.45) is 17.6 Å². The summed E-state index contributed by atoms with van der Waals surface area (Å²) in [7, 11) is 0. The second-order valence-corrected chi connectivity index (χ2v) is 7.66. The van der Waals surface area contributed by atoms with Crippen molar-refractivity contribution in [2.45, 2.75) is 39.2 Å². The monoisotopic (exact) mass is 369 g/mol. The fraction of sp³-hybridized carbons (Fsp3) is 0.476. The number of hydrogen-bond donors (Lipinski definition) is 2. The number of ketones is 1. The number of fused-ring (bicyclic) bond motifs is 1. The maximum atomic E-state index is 12.7. The van der Waals surface area contributed by atoms with Gasteiger partial charge in [0, 0.05) is 25.0 Å². The summed E-state index contributed by atoms with van der Waals surface area (Å²) >= 11 is 0. The Bertz CT molecular complexity index is 895. The van der Waals surface area contributed by atoms with Crippen molar-refractivity contribution >= 4 is 22.6 Å². The second-order valence-electron chi connectivity index (χ2n) is 7.66. The van der Waals surface area contributed by atoms with Gasteiger partial charge in [0.2, 0.25) is 5.91 Å². The lowest BCUT2D eigenvalue weighted by Gasteiger charge is -2.35. The summed E-state index contributed by atoms with van der Waals surface area (Å²) in [5.41, 5.74) is 6.31. The molecule has 1 amide bonds. The molecule has 1 fully saturated rings. The van der Waals surface area contributed by atoms with Crippen LogP contribution in [0.4, 0.5) is 0 Å². The Hall–Kier alpha value is -2.47. The molecule has 6 nitrogen and oxygen atoms in total. The first kappa shape index (κ1) is 19.3. The van der Waals surface area contributed by atoms with E-state index < -0.39 is 6.04 Å². The molecule has 0 radical (unpaired) electrons. The number of pyridine rings is 1. The Balaban J connectivity index is 1.64. The van der Waals surface area contributed by atoms with Crippen LogP contribution in [-0.4, -0.2) is 40.7 Å². The number of nitrogens with zero attached hydrogens (tertiary/aromatic N) is 1. The number of benzene rings is 1. The molecule has 144 valence electrons. The first-order valence-electron chi connectivity index (χ1n) is 9.56. The molecule has 0 spiro atoms. The van der Waals surface area contributed by atoms with Crippen LogP contribution < -0.4 is 11.3 Å². The minimum Gasteiger partial charge on any atom is -0.341 e. The quantitative estimate of drug-likeness (QED) is 0.791. The molecule has 3 N–H and O–H groups in total. The number of hydrogen-bond acceptors (Lipinski definition) is 4. The predicted octanol–water partition coefficient (Wildman–Crippen LogP) is 2.32. The Kier molecular flexibility index (Phi) is 5.75. The molecule has 1 saturated heterocycles. The number of Topliss-reactive ketones (excluding diaryl/α,β-unsaturated/α-hetero) is 1. The summed E-state index contributed by atoms with van der Waals surface area (Å²) in [5, 5.41) is 0.857.